The molecule has 1 aromatic heterocycles. The minimum atomic E-state index is 0.131. The van der Waals surface area contributed by atoms with E-state index in [1.165, 1.54) is 0 Å². The second kappa shape index (κ2) is 6.55. The van der Waals surface area contributed by atoms with E-state index in [9.17, 15) is 4.79 Å². The fourth-order valence-corrected chi connectivity index (χ4v) is 2.71. The zero-order valence-electron chi connectivity index (χ0n) is 13.0. The summed E-state index contributed by atoms with van der Waals surface area (Å²) in [6.07, 6.45) is 2.35. The van der Waals surface area contributed by atoms with Gasteiger partial charge in [0.1, 0.15) is 0 Å². The van der Waals surface area contributed by atoms with Crippen LogP contribution in [-0.4, -0.2) is 23.3 Å². The summed E-state index contributed by atoms with van der Waals surface area (Å²) in [6, 6.07) is 2.48. The van der Waals surface area contributed by atoms with E-state index < -0.39 is 0 Å². The summed E-state index contributed by atoms with van der Waals surface area (Å²) in [5.74, 6) is 0. The molecule has 112 valence electrons. The lowest BCUT2D eigenvalue weighted by Gasteiger charge is -2.18. The van der Waals surface area contributed by atoms with Crippen LogP contribution in [0.2, 0.25) is 0 Å². The molecule has 1 fully saturated rings. The number of nitrogens with zero attached hydrogens (tertiary/aromatic N) is 1. The number of rotatable bonds is 5. The monoisotopic (exact) mass is 278 g/mol. The minimum Gasteiger partial charge on any atom is -0.376 e. The van der Waals surface area contributed by atoms with Gasteiger partial charge < -0.3 is 14.6 Å². The molecule has 1 atom stereocenters. The molecule has 2 rings (SSSR count). The second-order valence-electron chi connectivity index (χ2n) is 6.03. The van der Waals surface area contributed by atoms with Crippen LogP contribution in [0.15, 0.2) is 10.9 Å². The third kappa shape index (κ3) is 3.49. The SMILES string of the molecule is Cc1cc(C)n(CC2CCCO2)c(=O)c1CNC(C)C. The first kappa shape index (κ1) is 15.3. The summed E-state index contributed by atoms with van der Waals surface area (Å²) in [5, 5.41) is 3.34. The van der Waals surface area contributed by atoms with E-state index in [1.807, 2.05) is 18.4 Å². The summed E-state index contributed by atoms with van der Waals surface area (Å²) in [7, 11) is 0. The molecule has 4 nitrogen and oxygen atoms in total. The van der Waals surface area contributed by atoms with Crippen LogP contribution in [0.1, 0.15) is 43.5 Å². The molecule has 0 aromatic carbocycles. The Labute approximate surface area is 121 Å². The molecule has 1 unspecified atom stereocenters. The van der Waals surface area contributed by atoms with Crippen molar-refractivity contribution in [2.45, 2.75) is 65.8 Å². The van der Waals surface area contributed by atoms with Crippen LogP contribution in [0.4, 0.5) is 0 Å². The largest absolute Gasteiger partial charge is 0.376 e. The standard InChI is InChI=1S/C16H26N2O2/c1-11(2)17-9-15-12(3)8-13(4)18(16(15)19)10-14-6-5-7-20-14/h8,11,14,17H,5-7,9-10H2,1-4H3. The van der Waals surface area contributed by atoms with Gasteiger partial charge in [-0.15, -0.1) is 0 Å². The van der Waals surface area contributed by atoms with Crippen molar-refractivity contribution in [2.75, 3.05) is 6.61 Å². The van der Waals surface area contributed by atoms with Crippen LogP contribution >= 0.6 is 0 Å². The van der Waals surface area contributed by atoms with E-state index in [0.29, 0.717) is 19.1 Å². The molecule has 1 saturated heterocycles. The minimum absolute atomic E-state index is 0.131. The van der Waals surface area contributed by atoms with Gasteiger partial charge in [0.15, 0.2) is 0 Å². The smallest absolute Gasteiger partial charge is 0.255 e. The van der Waals surface area contributed by atoms with Crippen molar-refractivity contribution in [1.29, 1.82) is 0 Å². The summed E-state index contributed by atoms with van der Waals surface area (Å²) >= 11 is 0. The van der Waals surface area contributed by atoms with Crippen molar-refractivity contribution >= 4 is 0 Å². The van der Waals surface area contributed by atoms with Crippen LogP contribution in [0.25, 0.3) is 0 Å². The molecule has 0 spiro atoms. The Balaban J connectivity index is 2.26. The first-order valence-corrected chi connectivity index (χ1v) is 7.54. The molecule has 0 aliphatic carbocycles. The summed E-state index contributed by atoms with van der Waals surface area (Å²) < 4.78 is 7.54. The van der Waals surface area contributed by atoms with E-state index >= 15 is 0 Å². The zero-order chi connectivity index (χ0) is 14.7. The van der Waals surface area contributed by atoms with E-state index in [1.54, 1.807) is 0 Å². The Morgan fingerprint density at radius 1 is 1.45 bits per heavy atom. The van der Waals surface area contributed by atoms with Gasteiger partial charge in [-0.3, -0.25) is 4.79 Å². The maximum atomic E-state index is 12.7. The van der Waals surface area contributed by atoms with E-state index in [2.05, 4.69) is 25.2 Å². The van der Waals surface area contributed by atoms with Gasteiger partial charge >= 0.3 is 0 Å². The summed E-state index contributed by atoms with van der Waals surface area (Å²) in [6.45, 7) is 10.3. The number of aryl methyl sites for hydroxylation is 2. The number of ether oxygens (including phenoxy) is 1. The first-order valence-electron chi connectivity index (χ1n) is 7.54. The van der Waals surface area contributed by atoms with Gasteiger partial charge in [-0.25, -0.2) is 0 Å². The summed E-state index contributed by atoms with van der Waals surface area (Å²) in [4.78, 5) is 12.7. The molecule has 20 heavy (non-hydrogen) atoms. The van der Waals surface area contributed by atoms with Crippen molar-refractivity contribution in [3.8, 4) is 0 Å². The predicted molar refractivity (Wildman–Crippen MR) is 81.1 cm³/mol. The highest BCUT2D eigenvalue weighted by Gasteiger charge is 2.19. The Hall–Kier alpha value is -1.13. The lowest BCUT2D eigenvalue weighted by atomic mass is 10.1. The van der Waals surface area contributed by atoms with Crippen LogP contribution < -0.4 is 10.9 Å². The molecule has 2 heterocycles. The van der Waals surface area contributed by atoms with Crippen molar-refractivity contribution in [3.05, 3.63) is 33.2 Å². The molecule has 1 aromatic rings. The maximum absolute atomic E-state index is 12.7. The third-order valence-electron chi connectivity index (χ3n) is 3.93. The molecule has 1 aliphatic heterocycles. The Morgan fingerprint density at radius 3 is 2.80 bits per heavy atom. The zero-order valence-corrected chi connectivity index (χ0v) is 13.0. The molecule has 0 radical (unpaired) electrons. The average molecular weight is 278 g/mol. The number of pyridine rings is 1. The van der Waals surface area contributed by atoms with Crippen molar-refractivity contribution in [2.24, 2.45) is 0 Å². The molecule has 0 bridgehead atoms. The van der Waals surface area contributed by atoms with Gasteiger partial charge in [-0.1, -0.05) is 13.8 Å². The molecular formula is C16H26N2O2. The van der Waals surface area contributed by atoms with Crippen molar-refractivity contribution in [3.63, 3.8) is 0 Å². The lowest BCUT2D eigenvalue weighted by molar-refractivity contribution is 0.0955. The molecule has 0 amide bonds. The van der Waals surface area contributed by atoms with Crippen molar-refractivity contribution in [1.82, 2.24) is 9.88 Å². The van der Waals surface area contributed by atoms with Crippen LogP contribution in [0.5, 0.6) is 0 Å². The third-order valence-corrected chi connectivity index (χ3v) is 3.93. The van der Waals surface area contributed by atoms with Crippen LogP contribution in [0.3, 0.4) is 0 Å². The molecule has 4 heteroatoms. The second-order valence-corrected chi connectivity index (χ2v) is 6.03. The molecule has 1 aliphatic rings. The van der Waals surface area contributed by atoms with E-state index in [4.69, 9.17) is 4.74 Å². The van der Waals surface area contributed by atoms with Gasteiger partial charge in [0, 0.05) is 30.5 Å². The fraction of sp³-hybridized carbons (Fsp3) is 0.688. The van der Waals surface area contributed by atoms with Crippen LogP contribution in [0, 0.1) is 13.8 Å². The Bertz CT molecular complexity index is 514. The fourth-order valence-electron chi connectivity index (χ4n) is 2.71. The Morgan fingerprint density at radius 2 is 2.20 bits per heavy atom. The van der Waals surface area contributed by atoms with Crippen LogP contribution in [-0.2, 0) is 17.8 Å². The van der Waals surface area contributed by atoms with Gasteiger partial charge in [0.25, 0.3) is 5.56 Å². The lowest BCUT2D eigenvalue weighted by Crippen LogP contribution is -2.34. The molecule has 0 saturated carbocycles. The average Bonchev–Trinajstić information content (AvgIpc) is 2.86. The molecular weight excluding hydrogens is 252 g/mol. The number of aromatic nitrogens is 1. The topological polar surface area (TPSA) is 43.3 Å². The van der Waals surface area contributed by atoms with E-state index in [0.717, 1.165) is 36.3 Å². The Kier molecular flexibility index (Phi) is 5.00. The number of hydrogen-bond donors (Lipinski definition) is 1. The highest BCUT2D eigenvalue weighted by molar-refractivity contribution is 5.26. The van der Waals surface area contributed by atoms with Gasteiger partial charge in [0.05, 0.1) is 12.6 Å². The highest BCUT2D eigenvalue weighted by Crippen LogP contribution is 2.15. The van der Waals surface area contributed by atoms with E-state index in [-0.39, 0.29) is 11.7 Å². The van der Waals surface area contributed by atoms with Gasteiger partial charge in [-0.05, 0) is 38.3 Å². The van der Waals surface area contributed by atoms with Crippen molar-refractivity contribution < 1.29 is 4.74 Å². The highest BCUT2D eigenvalue weighted by atomic mass is 16.5. The summed E-state index contributed by atoms with van der Waals surface area (Å²) in [5.41, 5.74) is 3.11. The van der Waals surface area contributed by atoms with Gasteiger partial charge in [-0.2, -0.15) is 0 Å². The maximum Gasteiger partial charge on any atom is 0.255 e. The number of hydrogen-bond acceptors (Lipinski definition) is 3. The van der Waals surface area contributed by atoms with Gasteiger partial charge in [0.2, 0.25) is 0 Å². The molecule has 1 N–H and O–H groups in total. The normalized spacial score (nSPS) is 18.9. The number of nitrogens with one attached hydrogen (secondary N) is 1. The predicted octanol–water partition coefficient (Wildman–Crippen LogP) is 2.14. The quantitative estimate of drug-likeness (QED) is 0.897. The first-order chi connectivity index (χ1) is 9.49.